The third kappa shape index (κ3) is 3.68. The summed E-state index contributed by atoms with van der Waals surface area (Å²) in [5.41, 5.74) is 1.30. The Morgan fingerprint density at radius 1 is 0.655 bits per heavy atom. The van der Waals surface area contributed by atoms with Gasteiger partial charge in [0.05, 0.1) is 4.47 Å². The summed E-state index contributed by atoms with van der Waals surface area (Å²) in [5, 5.41) is 3.97. The van der Waals surface area contributed by atoms with Crippen molar-refractivity contribution in [2.75, 3.05) is 0 Å². The van der Waals surface area contributed by atoms with E-state index in [0.717, 1.165) is 5.56 Å². The minimum Gasteiger partial charge on any atom is -0.206 e. The van der Waals surface area contributed by atoms with Gasteiger partial charge in [0, 0.05) is 0 Å². The summed E-state index contributed by atoms with van der Waals surface area (Å²) >= 11 is 3.39. The number of rotatable bonds is 5. The molecule has 0 radical (unpaired) electrons. The van der Waals surface area contributed by atoms with Crippen LogP contribution in [0.4, 0.5) is 4.39 Å². The number of hydrogen-bond acceptors (Lipinski definition) is 0. The topological polar surface area (TPSA) is 0 Å². The summed E-state index contributed by atoms with van der Waals surface area (Å²) in [5.74, 6) is -0.232. The molecule has 144 valence electrons. The van der Waals surface area contributed by atoms with Crippen LogP contribution in [-0.4, -0.2) is 0 Å². The maximum atomic E-state index is 14.0. The first-order valence-electron chi connectivity index (χ1n) is 9.64. The number of benzene rings is 4. The van der Waals surface area contributed by atoms with Gasteiger partial charge in [0.25, 0.3) is 0 Å². The molecule has 1 unspecified atom stereocenters. The van der Waals surface area contributed by atoms with E-state index in [1.807, 2.05) is 12.1 Å². The van der Waals surface area contributed by atoms with Gasteiger partial charge >= 0.3 is 0 Å². The standard InChI is InChI=1S/C26H22BrFP/c1-20(21-17-18-26(28)25(27)19-21)29(22-11-5-2-6-12-22,23-13-7-3-8-14-23)24-15-9-4-10-16-24/h2-20H,1H3/q+1. The Morgan fingerprint density at radius 3 is 1.45 bits per heavy atom. The molecule has 0 saturated heterocycles. The summed E-state index contributed by atoms with van der Waals surface area (Å²) in [6.45, 7) is 2.28. The van der Waals surface area contributed by atoms with Crippen LogP contribution in [-0.2, 0) is 0 Å². The number of halogens is 2. The molecule has 3 heteroatoms. The summed E-state index contributed by atoms with van der Waals surface area (Å²) in [4.78, 5) is 0. The Morgan fingerprint density at radius 2 is 1.07 bits per heavy atom. The Kier molecular flexibility index (Phi) is 5.94. The molecule has 29 heavy (non-hydrogen) atoms. The van der Waals surface area contributed by atoms with E-state index in [-0.39, 0.29) is 11.5 Å². The van der Waals surface area contributed by atoms with Crippen molar-refractivity contribution in [1.82, 2.24) is 0 Å². The predicted molar refractivity (Wildman–Crippen MR) is 128 cm³/mol. The second kappa shape index (κ2) is 8.61. The fourth-order valence-electron chi connectivity index (χ4n) is 4.10. The molecule has 0 spiro atoms. The summed E-state index contributed by atoms with van der Waals surface area (Å²) in [6, 6.07) is 37.7. The molecule has 0 aliphatic carbocycles. The van der Waals surface area contributed by atoms with Crippen LogP contribution in [0.1, 0.15) is 18.1 Å². The molecule has 0 aliphatic rings. The van der Waals surface area contributed by atoms with Crippen molar-refractivity contribution in [3.63, 3.8) is 0 Å². The van der Waals surface area contributed by atoms with Gasteiger partial charge < -0.3 is 0 Å². The molecule has 0 N–H and O–H groups in total. The molecular weight excluding hydrogens is 442 g/mol. The highest BCUT2D eigenvalue weighted by molar-refractivity contribution is 9.10. The van der Waals surface area contributed by atoms with Crippen LogP contribution in [0.15, 0.2) is 114 Å². The molecule has 0 aliphatic heterocycles. The van der Waals surface area contributed by atoms with Gasteiger partial charge in [-0.2, -0.15) is 0 Å². The zero-order valence-electron chi connectivity index (χ0n) is 16.2. The second-order valence-electron chi connectivity index (χ2n) is 7.08. The third-order valence-electron chi connectivity index (χ3n) is 5.50. The smallest absolute Gasteiger partial charge is 0.137 e. The van der Waals surface area contributed by atoms with Crippen molar-refractivity contribution in [1.29, 1.82) is 0 Å². The van der Waals surface area contributed by atoms with Crippen molar-refractivity contribution in [3.8, 4) is 0 Å². The van der Waals surface area contributed by atoms with Gasteiger partial charge in [0.15, 0.2) is 0 Å². The molecule has 0 heterocycles. The summed E-state index contributed by atoms with van der Waals surface area (Å²) in [6.07, 6.45) is 0. The minimum atomic E-state index is -2.04. The lowest BCUT2D eigenvalue weighted by atomic mass is 10.2. The van der Waals surface area contributed by atoms with Crippen LogP contribution in [0.5, 0.6) is 0 Å². The average molecular weight is 464 g/mol. The predicted octanol–water partition coefficient (Wildman–Crippen LogP) is 6.64. The second-order valence-corrected chi connectivity index (χ2v) is 11.7. The molecule has 1 atom stereocenters. The van der Waals surface area contributed by atoms with E-state index in [4.69, 9.17) is 0 Å². The highest BCUT2D eigenvalue weighted by Gasteiger charge is 2.50. The average Bonchev–Trinajstić information content (AvgIpc) is 2.78. The molecule has 4 aromatic rings. The minimum absolute atomic E-state index is 0.173. The monoisotopic (exact) mass is 463 g/mol. The molecule has 0 bridgehead atoms. The summed E-state index contributed by atoms with van der Waals surface area (Å²) in [7, 11) is -2.04. The normalized spacial score (nSPS) is 12.5. The fraction of sp³-hybridized carbons (Fsp3) is 0.0769. The fourth-order valence-corrected chi connectivity index (χ4v) is 9.27. The lowest BCUT2D eigenvalue weighted by Gasteiger charge is -2.33. The van der Waals surface area contributed by atoms with Crippen LogP contribution in [0, 0.1) is 5.82 Å². The molecule has 0 nitrogen and oxygen atoms in total. The zero-order chi connectivity index (χ0) is 20.3. The van der Waals surface area contributed by atoms with Gasteiger partial charge in [0.2, 0.25) is 0 Å². The highest BCUT2D eigenvalue weighted by atomic mass is 79.9. The Labute approximate surface area is 180 Å². The molecule has 0 fully saturated rings. The van der Waals surface area contributed by atoms with Crippen molar-refractivity contribution in [2.45, 2.75) is 12.6 Å². The van der Waals surface area contributed by atoms with Gasteiger partial charge in [-0.3, -0.25) is 0 Å². The van der Waals surface area contributed by atoms with E-state index in [2.05, 4.69) is 114 Å². The summed E-state index contributed by atoms with van der Waals surface area (Å²) < 4.78 is 14.5. The van der Waals surface area contributed by atoms with Crippen LogP contribution < -0.4 is 15.9 Å². The van der Waals surface area contributed by atoms with Crippen molar-refractivity contribution >= 4 is 39.1 Å². The van der Waals surface area contributed by atoms with Gasteiger partial charge in [-0.15, -0.1) is 0 Å². The van der Waals surface area contributed by atoms with Crippen molar-refractivity contribution in [2.24, 2.45) is 0 Å². The Balaban J connectivity index is 2.06. The van der Waals surface area contributed by atoms with Gasteiger partial charge in [-0.25, -0.2) is 4.39 Å². The first-order valence-corrected chi connectivity index (χ1v) is 12.3. The van der Waals surface area contributed by atoms with Crippen molar-refractivity contribution < 1.29 is 4.39 Å². The Bertz CT molecular complexity index is 985. The van der Waals surface area contributed by atoms with E-state index in [1.165, 1.54) is 15.9 Å². The molecule has 4 aromatic carbocycles. The lowest BCUT2D eigenvalue weighted by molar-refractivity contribution is 0.620. The third-order valence-corrected chi connectivity index (χ3v) is 10.9. The van der Waals surface area contributed by atoms with Crippen molar-refractivity contribution in [3.05, 3.63) is 125 Å². The number of hydrogen-bond donors (Lipinski definition) is 0. The van der Waals surface area contributed by atoms with E-state index in [0.29, 0.717) is 4.47 Å². The van der Waals surface area contributed by atoms with Crippen LogP contribution in [0.2, 0.25) is 0 Å². The lowest BCUT2D eigenvalue weighted by Crippen LogP contribution is -2.34. The SMILES string of the molecule is CC(c1ccc(F)c(Br)c1)[P+](c1ccccc1)(c1ccccc1)c1ccccc1. The van der Waals surface area contributed by atoms with Gasteiger partial charge in [0.1, 0.15) is 34.7 Å². The van der Waals surface area contributed by atoms with Gasteiger partial charge in [-0.1, -0.05) is 60.7 Å². The quantitative estimate of drug-likeness (QED) is 0.291. The molecule has 4 rings (SSSR count). The van der Waals surface area contributed by atoms with E-state index < -0.39 is 7.26 Å². The van der Waals surface area contributed by atoms with Crippen LogP contribution in [0.3, 0.4) is 0 Å². The molecule has 0 amide bonds. The maximum Gasteiger partial charge on any atom is 0.137 e. The first kappa shape index (κ1) is 20.0. The van der Waals surface area contributed by atoms with E-state index in [1.54, 1.807) is 6.07 Å². The van der Waals surface area contributed by atoms with Crippen LogP contribution >= 0.6 is 23.2 Å². The molecule has 0 aromatic heterocycles. The highest BCUT2D eigenvalue weighted by Crippen LogP contribution is 2.66. The largest absolute Gasteiger partial charge is 0.206 e. The zero-order valence-corrected chi connectivity index (χ0v) is 18.7. The van der Waals surface area contributed by atoms with Crippen LogP contribution in [0.25, 0.3) is 0 Å². The van der Waals surface area contributed by atoms with E-state index >= 15 is 0 Å². The molecule has 0 saturated carbocycles. The first-order chi connectivity index (χ1) is 14.1. The Hall–Kier alpha value is -2.28. The maximum absolute atomic E-state index is 14.0. The van der Waals surface area contributed by atoms with E-state index in [9.17, 15) is 4.39 Å². The van der Waals surface area contributed by atoms with Gasteiger partial charge in [-0.05, 0) is 76.9 Å². The molecular formula is C26H22BrFP+.